The molecule has 1 aliphatic rings. The molecule has 5 N–H and O–H groups in total. The molecule has 0 saturated heterocycles. The minimum Gasteiger partial charge on any atom is -0.542 e. The van der Waals surface area contributed by atoms with Crippen LogP contribution in [0.15, 0.2) is 24.3 Å². The Bertz CT molecular complexity index is 630. The molecule has 2 atom stereocenters. The van der Waals surface area contributed by atoms with Crippen molar-refractivity contribution in [2.75, 3.05) is 0 Å². The van der Waals surface area contributed by atoms with E-state index < -0.39 is 12.1 Å². The molecule has 23 heavy (non-hydrogen) atoms. The van der Waals surface area contributed by atoms with Crippen molar-refractivity contribution in [3.63, 3.8) is 0 Å². The summed E-state index contributed by atoms with van der Waals surface area (Å²) in [6.45, 7) is 0. The van der Waals surface area contributed by atoms with Crippen molar-refractivity contribution in [2.45, 2.75) is 18.5 Å². The van der Waals surface area contributed by atoms with E-state index in [-0.39, 0.29) is 23.7 Å². The first-order chi connectivity index (χ1) is 10.5. The molecule has 1 aromatic rings. The number of aliphatic carboxylic acids is 1. The van der Waals surface area contributed by atoms with E-state index >= 15 is 0 Å². The molecule has 1 aromatic carbocycles. The quantitative estimate of drug-likeness (QED) is 0.448. The molecule has 0 radical (unpaired) electrons. The molecule has 6 nitrogen and oxygen atoms in total. The van der Waals surface area contributed by atoms with E-state index in [4.69, 9.17) is 33.0 Å². The summed E-state index contributed by atoms with van der Waals surface area (Å²) < 4.78 is 31.5. The number of amides is 1. The molecule has 2 rings (SSSR count). The Morgan fingerprint density at radius 2 is 1.78 bits per heavy atom. The van der Waals surface area contributed by atoms with Crippen LogP contribution in [0.1, 0.15) is 17.9 Å². The van der Waals surface area contributed by atoms with E-state index in [0.29, 0.717) is 5.02 Å². The van der Waals surface area contributed by atoms with Crippen molar-refractivity contribution in [3.8, 4) is 0 Å². The lowest BCUT2D eigenvalue weighted by atomic mass is 10.1. The zero-order valence-electron chi connectivity index (χ0n) is 11.6. The first-order valence-electron chi connectivity index (χ1n) is 6.25. The van der Waals surface area contributed by atoms with Crippen LogP contribution in [0.5, 0.6) is 0 Å². The van der Waals surface area contributed by atoms with E-state index in [9.17, 15) is 18.0 Å². The fraction of sp³-hybridized carbons (Fsp3) is 0.308. The summed E-state index contributed by atoms with van der Waals surface area (Å²) >= 11 is 6.05. The van der Waals surface area contributed by atoms with Crippen LogP contribution in [-0.4, -0.2) is 24.0 Å². The first-order valence-corrected chi connectivity index (χ1v) is 6.63. The average Bonchev–Trinajstić information content (AvgIpc) is 3.18. The Morgan fingerprint density at radius 3 is 2.22 bits per heavy atom. The summed E-state index contributed by atoms with van der Waals surface area (Å²) in [4.78, 5) is 22.8. The zero-order chi connectivity index (χ0) is 17.8. The van der Waals surface area contributed by atoms with E-state index in [1.54, 1.807) is 0 Å². The number of guanidine groups is 1. The summed E-state index contributed by atoms with van der Waals surface area (Å²) in [5.41, 5.74) is 11.4. The fourth-order valence-electron chi connectivity index (χ4n) is 1.84. The van der Waals surface area contributed by atoms with Gasteiger partial charge >= 0.3 is 12.1 Å². The van der Waals surface area contributed by atoms with Gasteiger partial charge < -0.3 is 9.90 Å². The van der Waals surface area contributed by atoms with Crippen molar-refractivity contribution >= 4 is 29.4 Å². The minimum atomic E-state index is -5.19. The maximum absolute atomic E-state index is 11.6. The summed E-state index contributed by atoms with van der Waals surface area (Å²) in [5, 5.41) is 9.49. The van der Waals surface area contributed by atoms with E-state index in [1.165, 1.54) is 0 Å². The molecule has 1 amide bonds. The SMILES string of the molecule is NC(N)=[NH+]C(=O)[C@H]1C[C@@H]1c1ccccc1Cl.O=C([O-])C(F)(F)F. The van der Waals surface area contributed by atoms with Gasteiger partial charge in [0.15, 0.2) is 0 Å². The van der Waals surface area contributed by atoms with Crippen LogP contribution in [0.2, 0.25) is 5.02 Å². The van der Waals surface area contributed by atoms with Crippen LogP contribution >= 0.6 is 11.6 Å². The third kappa shape index (κ3) is 5.78. The maximum atomic E-state index is 11.6. The van der Waals surface area contributed by atoms with Crippen LogP contribution < -0.4 is 21.6 Å². The van der Waals surface area contributed by atoms with Crippen LogP contribution in [0.25, 0.3) is 0 Å². The molecule has 1 aliphatic carbocycles. The average molecular weight is 352 g/mol. The second-order valence-corrected chi connectivity index (χ2v) is 5.11. The van der Waals surface area contributed by atoms with Gasteiger partial charge in [0.1, 0.15) is 5.97 Å². The van der Waals surface area contributed by atoms with Crippen molar-refractivity contribution in [3.05, 3.63) is 34.9 Å². The van der Waals surface area contributed by atoms with Gasteiger partial charge in [0.05, 0.1) is 5.92 Å². The number of benzene rings is 1. The Kier molecular flexibility index (Phi) is 5.97. The lowest BCUT2D eigenvalue weighted by Gasteiger charge is -2.03. The molecule has 0 aliphatic heterocycles. The molecular weight excluding hydrogens is 339 g/mol. The lowest BCUT2D eigenvalue weighted by molar-refractivity contribution is -0.381. The molecule has 0 aromatic heterocycles. The number of carbonyl (C=O) groups excluding carboxylic acids is 2. The number of rotatable bonds is 2. The predicted molar refractivity (Wildman–Crippen MR) is 72.7 cm³/mol. The number of hydrogen-bond acceptors (Lipinski definition) is 3. The van der Waals surface area contributed by atoms with Crippen LogP contribution in [-0.2, 0) is 9.59 Å². The summed E-state index contributed by atoms with van der Waals surface area (Å²) in [5.74, 6) is -3.08. The Labute approximate surface area is 133 Å². The Morgan fingerprint density at radius 1 is 1.26 bits per heavy atom. The molecule has 0 bridgehead atoms. The van der Waals surface area contributed by atoms with Gasteiger partial charge in [0.25, 0.3) is 5.91 Å². The van der Waals surface area contributed by atoms with Crippen molar-refractivity contribution in [2.24, 2.45) is 17.4 Å². The first kappa shape index (κ1) is 18.8. The van der Waals surface area contributed by atoms with Gasteiger partial charge in [-0.05, 0) is 24.0 Å². The van der Waals surface area contributed by atoms with Crippen molar-refractivity contribution in [1.29, 1.82) is 0 Å². The molecule has 0 unspecified atom stereocenters. The van der Waals surface area contributed by atoms with Gasteiger partial charge in [-0.2, -0.15) is 13.2 Å². The van der Waals surface area contributed by atoms with E-state index in [0.717, 1.165) is 12.0 Å². The topological polar surface area (TPSA) is 123 Å². The summed E-state index contributed by atoms with van der Waals surface area (Å²) in [7, 11) is 0. The molecule has 1 saturated carbocycles. The zero-order valence-corrected chi connectivity index (χ0v) is 12.3. The van der Waals surface area contributed by atoms with Gasteiger partial charge in [-0.3, -0.25) is 16.3 Å². The summed E-state index contributed by atoms with van der Waals surface area (Å²) in [6, 6.07) is 7.55. The highest BCUT2D eigenvalue weighted by molar-refractivity contribution is 6.31. The Balaban J connectivity index is 0.000000322. The number of carbonyl (C=O) groups is 2. The minimum absolute atomic E-state index is 0.0604. The second kappa shape index (κ2) is 7.32. The molecule has 1 fully saturated rings. The highest BCUT2D eigenvalue weighted by Crippen LogP contribution is 2.48. The van der Waals surface area contributed by atoms with E-state index in [1.807, 2.05) is 24.3 Å². The highest BCUT2D eigenvalue weighted by atomic mass is 35.5. The van der Waals surface area contributed by atoms with E-state index in [2.05, 4.69) is 4.99 Å². The number of carboxylic acid groups (broad SMARTS) is 1. The second-order valence-electron chi connectivity index (χ2n) is 4.70. The lowest BCUT2D eigenvalue weighted by Crippen LogP contribution is -2.82. The third-order valence-electron chi connectivity index (χ3n) is 2.93. The van der Waals surface area contributed by atoms with Crippen molar-refractivity contribution < 1.29 is 32.9 Å². The number of halogens is 4. The number of carboxylic acids is 1. The van der Waals surface area contributed by atoms with Crippen LogP contribution in [0.4, 0.5) is 13.2 Å². The smallest absolute Gasteiger partial charge is 0.430 e. The number of nitrogens with two attached hydrogens (primary N) is 2. The number of nitrogens with one attached hydrogen (secondary N) is 1. The standard InChI is InChI=1S/C11H12ClN3O.C2HF3O2/c12-9-4-2-1-3-6(9)7-5-8(7)10(16)15-11(13)14;3-2(4,5)1(6)7/h1-4,7-8H,5H2,(H4,13,14,15,16);(H,6,7)/t7-,8+;/m1./s1. The van der Waals surface area contributed by atoms with Gasteiger partial charge in [0, 0.05) is 5.02 Å². The third-order valence-corrected chi connectivity index (χ3v) is 3.28. The normalized spacial score (nSPS) is 19.1. The van der Waals surface area contributed by atoms with Crippen LogP contribution in [0, 0.1) is 5.92 Å². The molecule has 126 valence electrons. The van der Waals surface area contributed by atoms with Gasteiger partial charge in [0.2, 0.25) is 0 Å². The number of alkyl halides is 3. The summed E-state index contributed by atoms with van der Waals surface area (Å²) in [6.07, 6.45) is -4.40. The monoisotopic (exact) mass is 351 g/mol. The van der Waals surface area contributed by atoms with Crippen molar-refractivity contribution in [1.82, 2.24) is 0 Å². The largest absolute Gasteiger partial charge is 0.542 e. The predicted octanol–water partition coefficient (Wildman–Crippen LogP) is -1.38. The molecule has 0 spiro atoms. The molecular formula is C13H13ClF3N3O3. The van der Waals surface area contributed by atoms with Gasteiger partial charge in [-0.25, -0.2) is 4.99 Å². The van der Waals surface area contributed by atoms with Gasteiger partial charge in [-0.1, -0.05) is 29.8 Å². The highest BCUT2D eigenvalue weighted by Gasteiger charge is 2.45. The van der Waals surface area contributed by atoms with Crippen LogP contribution in [0.3, 0.4) is 0 Å². The molecule has 10 heteroatoms. The fourth-order valence-corrected chi connectivity index (χ4v) is 2.12. The van der Waals surface area contributed by atoms with Gasteiger partial charge in [-0.15, -0.1) is 0 Å². The number of hydrogen-bond donors (Lipinski definition) is 3. The maximum Gasteiger partial charge on any atom is 0.430 e. The Hall–Kier alpha value is -2.29. The molecule has 0 heterocycles.